The molecule has 0 aliphatic carbocycles. The van der Waals surface area contributed by atoms with Crippen molar-refractivity contribution < 1.29 is 13.6 Å². The Morgan fingerprint density at radius 1 is 0.857 bits per heavy atom. The minimum atomic E-state index is -2.61. The summed E-state index contributed by atoms with van der Waals surface area (Å²) in [6.45, 7) is 4.09. The van der Waals surface area contributed by atoms with Gasteiger partial charge in [0.05, 0.1) is 12.3 Å². The van der Waals surface area contributed by atoms with E-state index in [1.165, 1.54) is 21.7 Å². The van der Waals surface area contributed by atoms with E-state index in [-0.39, 0.29) is 0 Å². The van der Waals surface area contributed by atoms with Crippen LogP contribution in [0.5, 0.6) is 0 Å². The van der Waals surface area contributed by atoms with Gasteiger partial charge in [0.1, 0.15) is 0 Å². The standard InChI is InChI=1S/C15H13O.4ClH.Fe/c1-10-9-14-13-6-4-3-5-12(13)7-8-15(14)16-11(10)2;;;;;/h3-9H,1-2H3;4*1H;/q+1;;;;;+3/p-4. The second kappa shape index (κ2) is 6.91. The molecule has 2 aromatic carbocycles. The molecule has 0 spiro atoms. The summed E-state index contributed by atoms with van der Waals surface area (Å²) in [7, 11) is 17.2. The predicted molar refractivity (Wildman–Crippen MR) is 91.0 cm³/mol. The zero-order valence-corrected chi connectivity index (χ0v) is 15.4. The first kappa shape index (κ1) is 17.1. The van der Waals surface area contributed by atoms with Crippen LogP contribution in [0.2, 0.25) is 0 Å². The molecule has 0 atom stereocenters. The first-order valence-corrected chi connectivity index (χ1v) is 12.1. The second-order valence-corrected chi connectivity index (χ2v) is 15.4. The van der Waals surface area contributed by atoms with Crippen molar-refractivity contribution >= 4 is 62.1 Å². The molecule has 0 bridgehead atoms. The number of hydrogen-bond acceptors (Lipinski definition) is 0. The van der Waals surface area contributed by atoms with Crippen molar-refractivity contribution in [2.75, 3.05) is 0 Å². The summed E-state index contributed by atoms with van der Waals surface area (Å²) in [5.41, 5.74) is 2.16. The third-order valence-corrected chi connectivity index (χ3v) is 3.11. The van der Waals surface area contributed by atoms with Crippen LogP contribution in [0.4, 0.5) is 0 Å². The van der Waals surface area contributed by atoms with Gasteiger partial charge in [0.2, 0.25) is 0 Å². The van der Waals surface area contributed by atoms with E-state index in [0.717, 1.165) is 11.3 Å². The molecule has 6 heteroatoms. The number of aryl methyl sites for hydroxylation is 2. The Bertz CT molecular complexity index is 778. The average Bonchev–Trinajstić information content (AvgIpc) is 2.38. The maximum absolute atomic E-state index is 5.80. The van der Waals surface area contributed by atoms with Gasteiger partial charge in [-0.05, 0) is 29.8 Å². The van der Waals surface area contributed by atoms with Crippen LogP contribution >= 0.6 is 40.4 Å². The van der Waals surface area contributed by atoms with Crippen molar-refractivity contribution in [1.82, 2.24) is 0 Å². The van der Waals surface area contributed by atoms with Crippen LogP contribution in [0.15, 0.2) is 46.9 Å². The topological polar surface area (TPSA) is 11.3 Å². The molecule has 115 valence electrons. The first-order valence-electron chi connectivity index (χ1n) is 6.01. The van der Waals surface area contributed by atoms with Gasteiger partial charge >= 0.3 is 60.9 Å². The Morgan fingerprint density at radius 2 is 1.48 bits per heavy atom. The Morgan fingerprint density at radius 3 is 2.14 bits per heavy atom. The fourth-order valence-corrected chi connectivity index (χ4v) is 2.08. The normalized spacial score (nSPS) is 12.1. The summed E-state index contributed by atoms with van der Waals surface area (Å²) in [4.78, 5) is 0. The SMILES string of the molecule is Cc1cc2c(ccc3ccccc32)[o+]c1C.[Cl][Fe-]([Cl])([Cl])[Cl]. The first-order chi connectivity index (χ1) is 9.75. The molecule has 0 aliphatic heterocycles. The van der Waals surface area contributed by atoms with Crippen LogP contribution < -0.4 is 0 Å². The van der Waals surface area contributed by atoms with Gasteiger partial charge in [0.25, 0.3) is 0 Å². The van der Waals surface area contributed by atoms with Gasteiger partial charge in [0, 0.05) is 11.6 Å². The predicted octanol–water partition coefficient (Wildman–Crippen LogP) is 7.24. The molecule has 0 amide bonds. The van der Waals surface area contributed by atoms with Gasteiger partial charge in [-0.3, -0.25) is 0 Å². The summed E-state index contributed by atoms with van der Waals surface area (Å²) in [6.07, 6.45) is 0. The molecule has 1 aromatic heterocycles. The van der Waals surface area contributed by atoms with Crippen LogP contribution in [0.25, 0.3) is 21.7 Å². The second-order valence-electron chi connectivity index (χ2n) is 4.49. The van der Waals surface area contributed by atoms with Gasteiger partial charge in [-0.25, -0.2) is 4.42 Å². The molecule has 0 unspecified atom stereocenters. The van der Waals surface area contributed by atoms with Crippen molar-refractivity contribution in [1.29, 1.82) is 0 Å². The van der Waals surface area contributed by atoms with E-state index in [0.29, 0.717) is 0 Å². The van der Waals surface area contributed by atoms with Crippen molar-refractivity contribution in [3.8, 4) is 0 Å². The van der Waals surface area contributed by atoms with E-state index in [1.807, 2.05) is 13.0 Å². The Balaban J connectivity index is 0.000000282. The van der Waals surface area contributed by atoms with Crippen molar-refractivity contribution in [2.24, 2.45) is 0 Å². The number of halogens is 4. The van der Waals surface area contributed by atoms with E-state index in [9.17, 15) is 0 Å². The fraction of sp³-hybridized carbons (Fsp3) is 0.133. The van der Waals surface area contributed by atoms with Crippen LogP contribution in [-0.2, 0) is 9.20 Å². The molecule has 3 rings (SSSR count). The summed E-state index contributed by atoms with van der Waals surface area (Å²) in [5.74, 6) is 0.989. The van der Waals surface area contributed by atoms with Crippen LogP contribution in [0.1, 0.15) is 11.3 Å². The molecule has 0 N–H and O–H groups in total. The van der Waals surface area contributed by atoms with E-state index in [2.05, 4.69) is 43.3 Å². The third-order valence-electron chi connectivity index (χ3n) is 3.11. The summed E-state index contributed by atoms with van der Waals surface area (Å²) in [5, 5.41) is 3.71. The van der Waals surface area contributed by atoms with Gasteiger partial charge in [-0.2, -0.15) is 0 Å². The molecule has 0 aliphatic rings. The monoisotopic (exact) mass is 405 g/mol. The van der Waals surface area contributed by atoms with Gasteiger partial charge in [0.15, 0.2) is 0 Å². The van der Waals surface area contributed by atoms with Crippen LogP contribution in [-0.4, -0.2) is 0 Å². The molecule has 0 saturated heterocycles. The average molecular weight is 407 g/mol. The van der Waals surface area contributed by atoms with Crippen LogP contribution in [0, 0.1) is 13.8 Å². The zero-order chi connectivity index (χ0) is 15.6. The van der Waals surface area contributed by atoms with E-state index >= 15 is 0 Å². The Labute approximate surface area is 142 Å². The summed E-state index contributed by atoms with van der Waals surface area (Å²) < 4.78 is 5.80. The van der Waals surface area contributed by atoms with E-state index in [4.69, 9.17) is 44.8 Å². The zero-order valence-electron chi connectivity index (χ0n) is 11.3. The summed E-state index contributed by atoms with van der Waals surface area (Å²) >= 11 is 0. The van der Waals surface area contributed by atoms with E-state index in [1.54, 1.807) is 0 Å². The maximum atomic E-state index is 5.80. The molecule has 1 heterocycles. The molecule has 0 radical (unpaired) electrons. The van der Waals surface area contributed by atoms with Gasteiger partial charge in [-0.1, -0.05) is 24.3 Å². The number of fused-ring (bicyclic) bond motifs is 3. The number of benzene rings is 2. The van der Waals surface area contributed by atoms with Gasteiger partial charge < -0.3 is 0 Å². The van der Waals surface area contributed by atoms with Crippen molar-refractivity contribution in [3.63, 3.8) is 0 Å². The van der Waals surface area contributed by atoms with Gasteiger partial charge in [-0.15, -0.1) is 0 Å². The molecule has 0 fully saturated rings. The molecule has 3 aromatic rings. The Kier molecular flexibility index (Phi) is 5.65. The minimum absolute atomic E-state index is 0.960. The van der Waals surface area contributed by atoms with E-state index < -0.39 is 9.20 Å². The van der Waals surface area contributed by atoms with Crippen molar-refractivity contribution in [3.05, 3.63) is 53.8 Å². The molecule has 0 saturated carbocycles. The molecule has 21 heavy (non-hydrogen) atoms. The summed E-state index contributed by atoms with van der Waals surface area (Å²) in [6, 6.07) is 14.8. The van der Waals surface area contributed by atoms with Crippen molar-refractivity contribution in [2.45, 2.75) is 13.8 Å². The Hall–Kier alpha value is -0.211. The number of hydrogen-bond donors (Lipinski definition) is 0. The van der Waals surface area contributed by atoms with Crippen LogP contribution in [0.3, 0.4) is 0 Å². The molecular weight excluding hydrogens is 394 g/mol. The molecular formula is C15H13Cl4FeO. The molecule has 1 nitrogen and oxygen atoms in total. The quantitative estimate of drug-likeness (QED) is 0.217. The third kappa shape index (κ3) is 4.89. The fourth-order valence-electron chi connectivity index (χ4n) is 2.08. The number of rotatable bonds is 0.